The van der Waals surface area contributed by atoms with Crippen LogP contribution in [0, 0.1) is 11.8 Å². The lowest BCUT2D eigenvalue weighted by Crippen LogP contribution is -2.23. The Labute approximate surface area is 143 Å². The maximum atomic E-state index is 6.18. The molecule has 2 bridgehead atoms. The van der Waals surface area contributed by atoms with Crippen LogP contribution in [0.3, 0.4) is 0 Å². The van der Waals surface area contributed by atoms with Crippen molar-refractivity contribution in [3.8, 4) is 5.88 Å². The smallest absolute Gasteiger partial charge is 0.260 e. The van der Waals surface area contributed by atoms with Crippen molar-refractivity contribution in [2.24, 2.45) is 11.8 Å². The van der Waals surface area contributed by atoms with E-state index in [1.54, 1.807) is 11.8 Å². The van der Waals surface area contributed by atoms with Crippen molar-refractivity contribution in [2.45, 2.75) is 42.6 Å². The molecule has 0 N–H and O–H groups in total. The normalized spacial score (nSPS) is 26.5. The summed E-state index contributed by atoms with van der Waals surface area (Å²) in [5.41, 5.74) is 1.23. The SMILES string of the molecule is Clc1ccc(CSc2nsnc2O[C@H]2C[C@@H]3CC[C@H]2C3)cc1. The van der Waals surface area contributed by atoms with E-state index < -0.39 is 0 Å². The van der Waals surface area contributed by atoms with E-state index in [4.69, 9.17) is 16.3 Å². The van der Waals surface area contributed by atoms with E-state index in [1.165, 1.54) is 43.0 Å². The Kier molecular flexibility index (Phi) is 4.29. The first-order valence-electron chi connectivity index (χ1n) is 7.64. The van der Waals surface area contributed by atoms with Crippen LogP contribution in [-0.2, 0) is 5.75 Å². The average molecular weight is 353 g/mol. The first-order chi connectivity index (χ1) is 10.8. The zero-order chi connectivity index (χ0) is 14.9. The molecule has 6 heteroatoms. The summed E-state index contributed by atoms with van der Waals surface area (Å²) in [6.07, 6.45) is 5.61. The number of hydrogen-bond donors (Lipinski definition) is 0. The van der Waals surface area contributed by atoms with Crippen molar-refractivity contribution in [2.75, 3.05) is 0 Å². The number of ether oxygens (including phenoxy) is 1. The van der Waals surface area contributed by atoms with Gasteiger partial charge < -0.3 is 4.74 Å². The van der Waals surface area contributed by atoms with Gasteiger partial charge in [0, 0.05) is 10.8 Å². The van der Waals surface area contributed by atoms with Gasteiger partial charge in [0.05, 0.1) is 11.7 Å². The molecule has 3 atom stereocenters. The van der Waals surface area contributed by atoms with Crippen LogP contribution in [0.25, 0.3) is 0 Å². The van der Waals surface area contributed by atoms with Gasteiger partial charge in [-0.3, -0.25) is 0 Å². The van der Waals surface area contributed by atoms with Crippen molar-refractivity contribution < 1.29 is 4.74 Å². The van der Waals surface area contributed by atoms with Crippen molar-refractivity contribution in [1.82, 2.24) is 8.75 Å². The second-order valence-corrected chi connectivity index (χ2v) is 8.05. The van der Waals surface area contributed by atoms with Gasteiger partial charge >= 0.3 is 0 Å². The molecule has 4 rings (SSSR count). The molecule has 0 radical (unpaired) electrons. The molecule has 2 aliphatic rings. The second kappa shape index (κ2) is 6.38. The summed E-state index contributed by atoms with van der Waals surface area (Å²) in [5, 5.41) is 1.69. The van der Waals surface area contributed by atoms with Crippen molar-refractivity contribution in [3.63, 3.8) is 0 Å². The highest BCUT2D eigenvalue weighted by atomic mass is 35.5. The molecule has 1 aromatic heterocycles. The predicted molar refractivity (Wildman–Crippen MR) is 90.8 cm³/mol. The van der Waals surface area contributed by atoms with Crippen LogP contribution in [-0.4, -0.2) is 14.9 Å². The van der Waals surface area contributed by atoms with Gasteiger partial charge in [-0.25, -0.2) is 0 Å². The maximum Gasteiger partial charge on any atom is 0.260 e. The van der Waals surface area contributed by atoms with Crippen LogP contribution in [0.5, 0.6) is 5.88 Å². The van der Waals surface area contributed by atoms with Crippen molar-refractivity contribution in [1.29, 1.82) is 0 Å². The molecule has 116 valence electrons. The fourth-order valence-electron chi connectivity index (χ4n) is 3.54. The minimum atomic E-state index is 0.359. The van der Waals surface area contributed by atoms with E-state index in [9.17, 15) is 0 Å². The van der Waals surface area contributed by atoms with Gasteiger partial charge in [-0.15, -0.1) is 4.37 Å². The highest BCUT2D eigenvalue weighted by Crippen LogP contribution is 2.46. The zero-order valence-corrected chi connectivity index (χ0v) is 14.5. The largest absolute Gasteiger partial charge is 0.471 e. The van der Waals surface area contributed by atoms with Crippen molar-refractivity contribution in [3.05, 3.63) is 34.9 Å². The lowest BCUT2D eigenvalue weighted by atomic mass is 9.98. The van der Waals surface area contributed by atoms with Gasteiger partial charge in [-0.05, 0) is 55.2 Å². The molecule has 2 aliphatic carbocycles. The molecule has 0 aliphatic heterocycles. The standard InChI is InChI=1S/C16H17ClN2OS2/c17-13-5-2-10(3-6-13)9-21-16-15(18-22-19-16)20-14-8-11-1-4-12(14)7-11/h2-3,5-6,11-12,14H,1,4,7-9H2/t11-,12+,14+/m1/s1. The molecular weight excluding hydrogens is 336 g/mol. The third kappa shape index (κ3) is 3.12. The number of aromatic nitrogens is 2. The summed E-state index contributed by atoms with van der Waals surface area (Å²) < 4.78 is 14.9. The van der Waals surface area contributed by atoms with Gasteiger partial charge in [0.1, 0.15) is 6.10 Å². The molecule has 0 spiro atoms. The summed E-state index contributed by atoms with van der Waals surface area (Å²) >= 11 is 8.84. The van der Waals surface area contributed by atoms with Crippen LogP contribution < -0.4 is 4.74 Å². The molecule has 2 aromatic rings. The van der Waals surface area contributed by atoms with Crippen LogP contribution in [0.15, 0.2) is 29.3 Å². The fourth-order valence-corrected chi connectivity index (χ4v) is 5.14. The Morgan fingerprint density at radius 3 is 2.77 bits per heavy atom. The highest BCUT2D eigenvalue weighted by Gasteiger charge is 2.41. The van der Waals surface area contributed by atoms with Crippen LogP contribution >= 0.6 is 35.1 Å². The number of benzene rings is 1. The molecule has 1 heterocycles. The van der Waals surface area contributed by atoms with Crippen LogP contribution in [0.2, 0.25) is 5.02 Å². The van der Waals surface area contributed by atoms with E-state index in [2.05, 4.69) is 8.75 Å². The monoisotopic (exact) mass is 352 g/mol. The van der Waals surface area contributed by atoms with Crippen LogP contribution in [0.4, 0.5) is 0 Å². The highest BCUT2D eigenvalue weighted by molar-refractivity contribution is 7.98. The molecule has 0 amide bonds. The quantitative estimate of drug-likeness (QED) is 0.705. The summed E-state index contributed by atoms with van der Waals surface area (Å²) in [6.45, 7) is 0. The lowest BCUT2D eigenvalue weighted by molar-refractivity contribution is 0.129. The maximum absolute atomic E-state index is 6.18. The average Bonchev–Trinajstić information content (AvgIpc) is 3.24. The summed E-state index contributed by atoms with van der Waals surface area (Å²) in [5.74, 6) is 3.21. The van der Waals surface area contributed by atoms with E-state index in [0.717, 1.165) is 33.5 Å². The Morgan fingerprint density at radius 2 is 2.05 bits per heavy atom. The number of thioether (sulfide) groups is 1. The number of halogens is 1. The third-order valence-electron chi connectivity index (χ3n) is 4.66. The minimum Gasteiger partial charge on any atom is -0.471 e. The summed E-state index contributed by atoms with van der Waals surface area (Å²) in [4.78, 5) is 0. The molecule has 0 unspecified atom stereocenters. The Bertz CT molecular complexity index is 646. The molecule has 2 fully saturated rings. The Balaban J connectivity index is 1.39. The minimum absolute atomic E-state index is 0.359. The summed E-state index contributed by atoms with van der Waals surface area (Å²) in [6, 6.07) is 7.93. The molecule has 0 saturated heterocycles. The van der Waals surface area contributed by atoms with Gasteiger partial charge in [-0.2, -0.15) is 4.37 Å². The number of rotatable bonds is 5. The molecule has 3 nitrogen and oxygen atoms in total. The van der Waals surface area contributed by atoms with Gasteiger partial charge in [0.2, 0.25) is 0 Å². The number of hydrogen-bond acceptors (Lipinski definition) is 5. The number of nitrogens with zero attached hydrogens (tertiary/aromatic N) is 2. The second-order valence-electron chi connectivity index (χ2n) is 6.12. The Morgan fingerprint density at radius 1 is 1.18 bits per heavy atom. The van der Waals surface area contributed by atoms with Crippen molar-refractivity contribution >= 4 is 35.1 Å². The topological polar surface area (TPSA) is 35.0 Å². The van der Waals surface area contributed by atoms with E-state index in [-0.39, 0.29) is 0 Å². The van der Waals surface area contributed by atoms with E-state index in [1.807, 2.05) is 24.3 Å². The molecular formula is C16H17ClN2OS2. The van der Waals surface area contributed by atoms with Gasteiger partial charge in [-0.1, -0.05) is 35.5 Å². The molecule has 1 aromatic carbocycles. The molecule has 22 heavy (non-hydrogen) atoms. The first-order valence-corrected chi connectivity index (χ1v) is 9.74. The van der Waals surface area contributed by atoms with E-state index in [0.29, 0.717) is 6.10 Å². The number of fused-ring (bicyclic) bond motifs is 2. The zero-order valence-electron chi connectivity index (χ0n) is 12.1. The predicted octanol–water partition coefficient (Wildman–Crippen LogP) is 5.05. The molecule has 2 saturated carbocycles. The van der Waals surface area contributed by atoms with Gasteiger partial charge in [0.15, 0.2) is 5.03 Å². The first kappa shape index (κ1) is 14.8. The van der Waals surface area contributed by atoms with Crippen LogP contribution in [0.1, 0.15) is 31.2 Å². The third-order valence-corrected chi connectivity index (χ3v) is 6.55. The van der Waals surface area contributed by atoms with Gasteiger partial charge in [0.25, 0.3) is 5.88 Å². The lowest BCUT2D eigenvalue weighted by Gasteiger charge is -2.21. The Hall–Kier alpha value is -0.780. The fraction of sp³-hybridized carbons (Fsp3) is 0.500. The van der Waals surface area contributed by atoms with E-state index >= 15 is 0 Å². The summed E-state index contributed by atoms with van der Waals surface area (Å²) in [7, 11) is 0.